The van der Waals surface area contributed by atoms with Crippen molar-refractivity contribution in [3.63, 3.8) is 0 Å². The van der Waals surface area contributed by atoms with Crippen LogP contribution >= 0.6 is 0 Å². The van der Waals surface area contributed by atoms with Crippen LogP contribution < -0.4 is 11.1 Å². The van der Waals surface area contributed by atoms with Gasteiger partial charge in [-0.15, -0.1) is 0 Å². The van der Waals surface area contributed by atoms with E-state index in [9.17, 15) is 9.59 Å². The Labute approximate surface area is 166 Å². The molecule has 0 radical (unpaired) electrons. The summed E-state index contributed by atoms with van der Waals surface area (Å²) in [5.41, 5.74) is 9.11. The largest absolute Gasteiger partial charge is 0.399 e. The van der Waals surface area contributed by atoms with Crippen molar-refractivity contribution >= 4 is 17.5 Å². The van der Waals surface area contributed by atoms with Gasteiger partial charge in [-0.3, -0.25) is 9.59 Å². The van der Waals surface area contributed by atoms with E-state index in [-0.39, 0.29) is 23.8 Å². The first-order valence-corrected chi connectivity index (χ1v) is 10.00. The highest BCUT2D eigenvalue weighted by atomic mass is 16.2. The number of nitrogens with one attached hydrogen (secondary N) is 1. The number of anilines is 1. The second kappa shape index (κ2) is 8.91. The van der Waals surface area contributed by atoms with E-state index >= 15 is 0 Å². The van der Waals surface area contributed by atoms with E-state index in [0.717, 1.165) is 30.4 Å². The molecule has 0 spiro atoms. The van der Waals surface area contributed by atoms with Crippen molar-refractivity contribution in [3.8, 4) is 0 Å². The molecule has 0 aromatic heterocycles. The molecular weight excluding hydrogens is 350 g/mol. The lowest BCUT2D eigenvalue weighted by molar-refractivity contribution is -0.134. The summed E-state index contributed by atoms with van der Waals surface area (Å²) in [6, 6.07) is 15.4. The quantitative estimate of drug-likeness (QED) is 0.781. The Morgan fingerprint density at radius 3 is 2.43 bits per heavy atom. The average Bonchev–Trinajstić information content (AvgIpc) is 2.72. The number of amides is 2. The fourth-order valence-corrected chi connectivity index (χ4v) is 3.79. The molecule has 1 atom stereocenters. The van der Waals surface area contributed by atoms with Crippen LogP contribution in [0.3, 0.4) is 0 Å². The van der Waals surface area contributed by atoms with Crippen molar-refractivity contribution in [1.82, 2.24) is 10.2 Å². The Morgan fingerprint density at radius 2 is 1.82 bits per heavy atom. The standard InChI is InChI=1S/C23H29N3O2/c1-3-20(17-7-5-4-6-8-17)23(28)26-13-11-19(12-14-26)25-22(27)18-9-10-21(24)16(2)15-18/h4-10,15,19-20H,3,11-14,24H2,1-2H3,(H,25,27)/t20-/m0/s1. The molecule has 28 heavy (non-hydrogen) atoms. The van der Waals surface area contributed by atoms with Crippen molar-refractivity contribution in [1.29, 1.82) is 0 Å². The molecule has 1 aliphatic heterocycles. The molecule has 3 rings (SSSR count). The molecule has 0 unspecified atom stereocenters. The summed E-state index contributed by atoms with van der Waals surface area (Å²) in [5.74, 6) is 0.0151. The molecule has 5 nitrogen and oxygen atoms in total. The maximum absolute atomic E-state index is 13.0. The number of nitrogens with zero attached hydrogens (tertiary/aromatic N) is 1. The normalized spacial score (nSPS) is 15.9. The van der Waals surface area contributed by atoms with Crippen molar-refractivity contribution in [2.75, 3.05) is 18.8 Å². The highest BCUT2D eigenvalue weighted by Crippen LogP contribution is 2.24. The zero-order chi connectivity index (χ0) is 20.1. The van der Waals surface area contributed by atoms with Crippen LogP contribution in [0.4, 0.5) is 5.69 Å². The van der Waals surface area contributed by atoms with Gasteiger partial charge in [-0.2, -0.15) is 0 Å². The number of likely N-dealkylation sites (tertiary alicyclic amines) is 1. The lowest BCUT2D eigenvalue weighted by Crippen LogP contribution is -2.47. The molecule has 2 aromatic carbocycles. The van der Waals surface area contributed by atoms with Gasteiger partial charge < -0.3 is 16.0 Å². The van der Waals surface area contributed by atoms with Gasteiger partial charge in [0.25, 0.3) is 5.91 Å². The van der Waals surface area contributed by atoms with Gasteiger partial charge in [-0.25, -0.2) is 0 Å². The van der Waals surface area contributed by atoms with Crippen LogP contribution in [0.5, 0.6) is 0 Å². The number of piperidine rings is 1. The van der Waals surface area contributed by atoms with Crippen LogP contribution in [0.2, 0.25) is 0 Å². The maximum Gasteiger partial charge on any atom is 0.251 e. The average molecular weight is 380 g/mol. The molecule has 1 heterocycles. The third-order valence-electron chi connectivity index (χ3n) is 5.58. The van der Waals surface area contributed by atoms with Gasteiger partial charge in [0.1, 0.15) is 0 Å². The van der Waals surface area contributed by atoms with Gasteiger partial charge in [0, 0.05) is 30.4 Å². The molecule has 0 bridgehead atoms. The van der Waals surface area contributed by atoms with Gasteiger partial charge in [0.15, 0.2) is 0 Å². The van der Waals surface area contributed by atoms with E-state index < -0.39 is 0 Å². The van der Waals surface area contributed by atoms with Crippen molar-refractivity contribution < 1.29 is 9.59 Å². The zero-order valence-electron chi connectivity index (χ0n) is 16.7. The molecule has 1 fully saturated rings. The molecule has 2 aromatic rings. The predicted octanol–water partition coefficient (Wildman–Crippen LogP) is 3.49. The van der Waals surface area contributed by atoms with Gasteiger partial charge >= 0.3 is 0 Å². The van der Waals surface area contributed by atoms with Crippen LogP contribution in [0.25, 0.3) is 0 Å². The minimum absolute atomic E-state index is 0.0800. The van der Waals surface area contributed by atoms with Gasteiger partial charge in [0.2, 0.25) is 5.91 Å². The van der Waals surface area contributed by atoms with Crippen LogP contribution in [0, 0.1) is 6.92 Å². The molecular formula is C23H29N3O2. The van der Waals surface area contributed by atoms with Crippen molar-refractivity contribution in [3.05, 3.63) is 65.2 Å². The van der Waals surface area contributed by atoms with E-state index in [1.807, 2.05) is 48.2 Å². The Morgan fingerprint density at radius 1 is 1.14 bits per heavy atom. The van der Waals surface area contributed by atoms with E-state index in [2.05, 4.69) is 12.2 Å². The topological polar surface area (TPSA) is 75.4 Å². The van der Waals surface area contributed by atoms with Gasteiger partial charge in [0.05, 0.1) is 5.92 Å². The molecule has 1 saturated heterocycles. The molecule has 1 aliphatic rings. The number of nitrogen functional groups attached to an aromatic ring is 1. The Balaban J connectivity index is 1.55. The van der Waals surface area contributed by atoms with E-state index in [4.69, 9.17) is 5.73 Å². The lowest BCUT2D eigenvalue weighted by Gasteiger charge is -2.34. The molecule has 0 saturated carbocycles. The summed E-state index contributed by atoms with van der Waals surface area (Å²) in [7, 11) is 0. The zero-order valence-corrected chi connectivity index (χ0v) is 16.7. The predicted molar refractivity (Wildman–Crippen MR) is 112 cm³/mol. The number of benzene rings is 2. The van der Waals surface area contributed by atoms with Crippen LogP contribution in [-0.2, 0) is 4.79 Å². The van der Waals surface area contributed by atoms with Crippen molar-refractivity contribution in [2.24, 2.45) is 0 Å². The highest BCUT2D eigenvalue weighted by Gasteiger charge is 2.28. The summed E-state index contributed by atoms with van der Waals surface area (Å²) in [4.78, 5) is 27.4. The first-order chi connectivity index (χ1) is 13.5. The van der Waals surface area contributed by atoms with Crippen LogP contribution in [-0.4, -0.2) is 35.8 Å². The number of aryl methyl sites for hydroxylation is 1. The second-order valence-corrected chi connectivity index (χ2v) is 7.52. The number of rotatable bonds is 5. The molecule has 2 amide bonds. The number of carbonyl (C=O) groups is 2. The summed E-state index contributed by atoms with van der Waals surface area (Å²) in [5, 5.41) is 3.10. The number of carbonyl (C=O) groups excluding carboxylic acids is 2. The molecule has 5 heteroatoms. The van der Waals surface area contributed by atoms with Gasteiger partial charge in [-0.1, -0.05) is 37.3 Å². The SMILES string of the molecule is CC[C@H](C(=O)N1CCC(NC(=O)c2ccc(N)c(C)c2)CC1)c1ccccc1. The monoisotopic (exact) mass is 379 g/mol. The highest BCUT2D eigenvalue weighted by molar-refractivity contribution is 5.95. The number of hydrogen-bond acceptors (Lipinski definition) is 3. The summed E-state index contributed by atoms with van der Waals surface area (Å²) in [6.07, 6.45) is 2.34. The minimum Gasteiger partial charge on any atom is -0.399 e. The Hall–Kier alpha value is -2.82. The molecule has 148 valence electrons. The third kappa shape index (κ3) is 4.53. The maximum atomic E-state index is 13.0. The second-order valence-electron chi connectivity index (χ2n) is 7.52. The van der Waals surface area contributed by atoms with E-state index in [0.29, 0.717) is 24.3 Å². The summed E-state index contributed by atoms with van der Waals surface area (Å²) in [6.45, 7) is 5.30. The van der Waals surface area contributed by atoms with Crippen LogP contribution in [0.15, 0.2) is 48.5 Å². The molecule has 0 aliphatic carbocycles. The first-order valence-electron chi connectivity index (χ1n) is 10.00. The number of nitrogens with two attached hydrogens (primary N) is 1. The minimum atomic E-state index is -0.0925. The fraction of sp³-hybridized carbons (Fsp3) is 0.391. The lowest BCUT2D eigenvalue weighted by atomic mass is 9.93. The Kier molecular flexibility index (Phi) is 6.34. The smallest absolute Gasteiger partial charge is 0.251 e. The summed E-state index contributed by atoms with van der Waals surface area (Å²) >= 11 is 0. The Bertz CT molecular complexity index is 827. The summed E-state index contributed by atoms with van der Waals surface area (Å²) < 4.78 is 0. The fourth-order valence-electron chi connectivity index (χ4n) is 3.79. The number of hydrogen-bond donors (Lipinski definition) is 2. The van der Waals surface area contributed by atoms with Crippen molar-refractivity contribution in [2.45, 2.75) is 45.1 Å². The third-order valence-corrected chi connectivity index (χ3v) is 5.58. The van der Waals surface area contributed by atoms with E-state index in [1.54, 1.807) is 12.1 Å². The van der Waals surface area contributed by atoms with Gasteiger partial charge in [-0.05, 0) is 55.5 Å². The van der Waals surface area contributed by atoms with E-state index in [1.165, 1.54) is 0 Å². The first kappa shape index (κ1) is 19.9. The molecule has 3 N–H and O–H groups in total. The van der Waals surface area contributed by atoms with Crippen LogP contribution in [0.1, 0.15) is 53.6 Å².